The summed E-state index contributed by atoms with van der Waals surface area (Å²) in [5.41, 5.74) is 2.32. The fourth-order valence-electron chi connectivity index (χ4n) is 4.03. The van der Waals surface area contributed by atoms with Gasteiger partial charge in [0.2, 0.25) is 10.0 Å². The molecule has 158 valence electrons. The van der Waals surface area contributed by atoms with E-state index in [9.17, 15) is 13.2 Å². The van der Waals surface area contributed by atoms with Gasteiger partial charge in [-0.25, -0.2) is 13.4 Å². The number of hydrogen-bond donors (Lipinski definition) is 1. The number of para-hydroxylation sites is 1. The minimum Gasteiger partial charge on any atom is -0.309 e. The lowest BCUT2D eigenvalue weighted by atomic mass is 10.2. The summed E-state index contributed by atoms with van der Waals surface area (Å²) >= 11 is 0. The van der Waals surface area contributed by atoms with E-state index in [4.69, 9.17) is 0 Å². The van der Waals surface area contributed by atoms with Gasteiger partial charge in [-0.2, -0.15) is 4.31 Å². The van der Waals surface area contributed by atoms with Crippen molar-refractivity contribution in [3.05, 3.63) is 69.8 Å². The van der Waals surface area contributed by atoms with Crippen molar-refractivity contribution < 1.29 is 8.42 Å². The van der Waals surface area contributed by atoms with E-state index in [1.54, 1.807) is 16.4 Å². The molecule has 0 radical (unpaired) electrons. The Labute approximate surface area is 176 Å². The molecule has 0 aliphatic carbocycles. The van der Waals surface area contributed by atoms with Crippen LogP contribution in [0.5, 0.6) is 0 Å². The highest BCUT2D eigenvalue weighted by atomic mass is 32.2. The van der Waals surface area contributed by atoms with E-state index in [0.717, 1.165) is 11.1 Å². The summed E-state index contributed by atoms with van der Waals surface area (Å²) in [5.74, 6) is 0.601. The van der Waals surface area contributed by atoms with Crippen LogP contribution < -0.4 is 5.56 Å². The van der Waals surface area contributed by atoms with E-state index < -0.39 is 10.0 Å². The van der Waals surface area contributed by atoms with Gasteiger partial charge in [-0.05, 0) is 44.5 Å². The predicted molar refractivity (Wildman–Crippen MR) is 117 cm³/mol. The van der Waals surface area contributed by atoms with Crippen LogP contribution in [0.25, 0.3) is 10.9 Å². The van der Waals surface area contributed by atoms with E-state index in [2.05, 4.69) is 14.9 Å². The van der Waals surface area contributed by atoms with Crippen molar-refractivity contribution in [3.63, 3.8) is 0 Å². The number of sulfonamides is 1. The van der Waals surface area contributed by atoms with Crippen LogP contribution in [0.4, 0.5) is 0 Å². The molecule has 1 fully saturated rings. The van der Waals surface area contributed by atoms with E-state index in [1.807, 2.05) is 51.1 Å². The SMILES string of the molecule is Cc1ccc(S(=O)(=O)N2CCN([C@@H](C)c3nc4ccccc4c(=O)[nH]3)CC2)c(C)c1. The van der Waals surface area contributed by atoms with E-state index in [-0.39, 0.29) is 11.6 Å². The molecule has 30 heavy (non-hydrogen) atoms. The van der Waals surface area contributed by atoms with Crippen molar-refractivity contribution >= 4 is 20.9 Å². The minimum atomic E-state index is -3.53. The Balaban J connectivity index is 1.51. The first-order valence-corrected chi connectivity index (χ1v) is 11.5. The summed E-state index contributed by atoms with van der Waals surface area (Å²) in [5, 5.41) is 0.567. The lowest BCUT2D eigenvalue weighted by Crippen LogP contribution is -2.49. The highest BCUT2D eigenvalue weighted by Gasteiger charge is 2.31. The molecular formula is C22H26N4O3S. The molecule has 2 aromatic carbocycles. The van der Waals surface area contributed by atoms with Gasteiger partial charge in [-0.3, -0.25) is 9.69 Å². The fraction of sp³-hybridized carbons (Fsp3) is 0.364. The number of aryl methyl sites for hydroxylation is 2. The second-order valence-electron chi connectivity index (χ2n) is 7.85. The number of aromatic amines is 1. The van der Waals surface area contributed by atoms with Gasteiger partial charge >= 0.3 is 0 Å². The zero-order valence-electron chi connectivity index (χ0n) is 17.4. The Hall–Kier alpha value is -2.55. The van der Waals surface area contributed by atoms with Gasteiger partial charge in [0.1, 0.15) is 5.82 Å². The van der Waals surface area contributed by atoms with Crippen molar-refractivity contribution in [1.29, 1.82) is 0 Å². The van der Waals surface area contributed by atoms with Crippen LogP contribution in [-0.2, 0) is 10.0 Å². The first-order valence-electron chi connectivity index (χ1n) is 10.1. The van der Waals surface area contributed by atoms with Crippen LogP contribution in [-0.4, -0.2) is 53.8 Å². The number of aromatic nitrogens is 2. The number of benzene rings is 2. The van der Waals surface area contributed by atoms with E-state index >= 15 is 0 Å². The zero-order valence-corrected chi connectivity index (χ0v) is 18.2. The Morgan fingerprint density at radius 3 is 2.43 bits per heavy atom. The Kier molecular flexibility index (Phi) is 5.48. The van der Waals surface area contributed by atoms with E-state index in [1.165, 1.54) is 0 Å². The molecule has 0 unspecified atom stereocenters. The Morgan fingerprint density at radius 1 is 1.03 bits per heavy atom. The van der Waals surface area contributed by atoms with Gasteiger partial charge in [0.15, 0.2) is 0 Å². The number of fused-ring (bicyclic) bond motifs is 1. The number of rotatable bonds is 4. The highest BCUT2D eigenvalue weighted by molar-refractivity contribution is 7.89. The first-order chi connectivity index (χ1) is 14.3. The van der Waals surface area contributed by atoms with Crippen molar-refractivity contribution in [2.75, 3.05) is 26.2 Å². The number of hydrogen-bond acceptors (Lipinski definition) is 5. The molecule has 1 aliphatic rings. The molecule has 1 atom stereocenters. The van der Waals surface area contributed by atoms with Crippen molar-refractivity contribution in [1.82, 2.24) is 19.2 Å². The average molecular weight is 427 g/mol. The maximum absolute atomic E-state index is 13.1. The van der Waals surface area contributed by atoms with Gasteiger partial charge in [0.05, 0.1) is 21.8 Å². The summed E-state index contributed by atoms with van der Waals surface area (Å²) in [6.07, 6.45) is 0. The average Bonchev–Trinajstić information content (AvgIpc) is 2.73. The van der Waals surface area contributed by atoms with E-state index in [0.29, 0.717) is 47.8 Å². The number of H-pyrrole nitrogens is 1. The molecule has 1 aliphatic heterocycles. The van der Waals surface area contributed by atoms with Crippen molar-refractivity contribution in [3.8, 4) is 0 Å². The number of nitrogens with one attached hydrogen (secondary N) is 1. The second-order valence-corrected chi connectivity index (χ2v) is 9.76. The molecule has 0 spiro atoms. The fourth-order valence-corrected chi connectivity index (χ4v) is 5.66. The lowest BCUT2D eigenvalue weighted by Gasteiger charge is -2.37. The summed E-state index contributed by atoms with van der Waals surface area (Å²) in [6, 6.07) is 12.6. The van der Waals surface area contributed by atoms with Crippen LogP contribution in [0.1, 0.15) is 29.9 Å². The topological polar surface area (TPSA) is 86.4 Å². The monoisotopic (exact) mass is 426 g/mol. The van der Waals surface area contributed by atoms with Crippen LogP contribution in [0.2, 0.25) is 0 Å². The van der Waals surface area contributed by atoms with Gasteiger partial charge in [-0.1, -0.05) is 29.8 Å². The van der Waals surface area contributed by atoms with Gasteiger partial charge in [0, 0.05) is 26.2 Å². The molecule has 1 aromatic heterocycles. The predicted octanol–water partition coefficient (Wildman–Crippen LogP) is 2.61. The standard InChI is InChI=1S/C22H26N4O3S/c1-15-8-9-20(16(2)14-15)30(28,29)26-12-10-25(11-13-26)17(3)21-23-19-7-5-4-6-18(19)22(27)24-21/h4-9,14,17H,10-13H2,1-3H3,(H,23,24,27)/t17-/m0/s1. The van der Waals surface area contributed by atoms with Crippen molar-refractivity contribution in [2.24, 2.45) is 0 Å². The van der Waals surface area contributed by atoms with Crippen LogP contribution in [0, 0.1) is 13.8 Å². The Bertz CT molecular complexity index is 1240. The van der Waals surface area contributed by atoms with Gasteiger partial charge in [-0.15, -0.1) is 0 Å². The molecule has 7 nitrogen and oxygen atoms in total. The summed E-state index contributed by atoms with van der Waals surface area (Å²) in [4.78, 5) is 22.4. The molecule has 0 amide bonds. The third kappa shape index (κ3) is 3.78. The quantitative estimate of drug-likeness (QED) is 0.693. The summed E-state index contributed by atoms with van der Waals surface area (Å²) in [7, 11) is -3.53. The molecule has 8 heteroatoms. The molecule has 4 rings (SSSR count). The molecule has 1 saturated heterocycles. The maximum Gasteiger partial charge on any atom is 0.258 e. The molecule has 2 heterocycles. The maximum atomic E-state index is 13.1. The lowest BCUT2D eigenvalue weighted by molar-refractivity contribution is 0.141. The van der Waals surface area contributed by atoms with Gasteiger partial charge in [0.25, 0.3) is 5.56 Å². The van der Waals surface area contributed by atoms with Crippen molar-refractivity contribution in [2.45, 2.75) is 31.7 Å². The normalized spacial score (nSPS) is 17.3. The Morgan fingerprint density at radius 2 is 1.73 bits per heavy atom. The summed E-state index contributed by atoms with van der Waals surface area (Å²) < 4.78 is 27.8. The third-order valence-corrected chi connectivity index (χ3v) is 7.85. The highest BCUT2D eigenvalue weighted by Crippen LogP contribution is 2.25. The molecular weight excluding hydrogens is 400 g/mol. The van der Waals surface area contributed by atoms with Crippen LogP contribution in [0.3, 0.4) is 0 Å². The molecule has 1 N–H and O–H groups in total. The zero-order chi connectivity index (χ0) is 21.5. The number of piperazine rings is 1. The second kappa shape index (κ2) is 7.94. The number of nitrogens with zero attached hydrogens (tertiary/aromatic N) is 3. The molecule has 0 bridgehead atoms. The minimum absolute atomic E-state index is 0.117. The van der Waals surface area contributed by atoms with Gasteiger partial charge < -0.3 is 4.98 Å². The smallest absolute Gasteiger partial charge is 0.258 e. The molecule has 0 saturated carbocycles. The van der Waals surface area contributed by atoms with Crippen LogP contribution in [0.15, 0.2) is 52.2 Å². The largest absolute Gasteiger partial charge is 0.309 e. The first kappa shape index (κ1) is 20.7. The summed E-state index contributed by atoms with van der Waals surface area (Å²) in [6.45, 7) is 7.72. The molecule has 3 aromatic rings. The van der Waals surface area contributed by atoms with Crippen LogP contribution >= 0.6 is 0 Å². The third-order valence-electron chi connectivity index (χ3n) is 5.80.